The molecule has 0 atom stereocenters. The maximum absolute atomic E-state index is 12.5. The molecule has 0 bridgehead atoms. The molecule has 2 aliphatic heterocycles. The molecule has 1 N–H and O–H groups in total. The number of nitrogens with one attached hydrogen (secondary N) is 1. The molecule has 2 amide bonds. The summed E-state index contributed by atoms with van der Waals surface area (Å²) in [6.45, 7) is 4.45. The first-order valence-electron chi connectivity index (χ1n) is 8.72. The van der Waals surface area contributed by atoms with Crippen molar-refractivity contribution in [2.75, 3.05) is 42.6 Å². The van der Waals surface area contributed by atoms with E-state index < -0.39 is 0 Å². The van der Waals surface area contributed by atoms with Gasteiger partial charge in [-0.15, -0.1) is 0 Å². The second-order valence-electron chi connectivity index (χ2n) is 6.31. The number of anilines is 2. The van der Waals surface area contributed by atoms with Crippen LogP contribution in [0.4, 0.5) is 16.3 Å². The quantitative estimate of drug-likeness (QED) is 0.932. The Morgan fingerprint density at radius 3 is 2.76 bits per heavy atom. The Bertz CT molecular complexity index is 741. The van der Waals surface area contributed by atoms with Crippen LogP contribution in [0.2, 0.25) is 0 Å². The summed E-state index contributed by atoms with van der Waals surface area (Å²) in [6.07, 6.45) is 2.75. The fourth-order valence-corrected chi connectivity index (χ4v) is 3.32. The molecule has 0 unspecified atom stereocenters. The van der Waals surface area contributed by atoms with E-state index in [9.17, 15) is 4.79 Å². The second-order valence-corrected chi connectivity index (χ2v) is 6.31. The van der Waals surface area contributed by atoms with Crippen LogP contribution >= 0.6 is 0 Å². The summed E-state index contributed by atoms with van der Waals surface area (Å²) in [4.78, 5) is 21.0. The largest absolute Gasteiger partial charge is 0.378 e. The van der Waals surface area contributed by atoms with Crippen molar-refractivity contribution >= 4 is 17.5 Å². The molecular formula is C19H22N4O2. The lowest BCUT2D eigenvalue weighted by atomic mass is 10.2. The molecule has 1 aromatic heterocycles. The minimum Gasteiger partial charge on any atom is -0.378 e. The van der Waals surface area contributed by atoms with Crippen molar-refractivity contribution in [3.63, 3.8) is 0 Å². The third-order valence-corrected chi connectivity index (χ3v) is 4.72. The van der Waals surface area contributed by atoms with Crippen molar-refractivity contribution in [3.8, 4) is 0 Å². The fourth-order valence-electron chi connectivity index (χ4n) is 3.32. The zero-order valence-corrected chi connectivity index (χ0v) is 14.1. The molecule has 0 spiro atoms. The Kier molecular flexibility index (Phi) is 4.52. The van der Waals surface area contributed by atoms with E-state index in [-0.39, 0.29) is 6.03 Å². The van der Waals surface area contributed by atoms with Gasteiger partial charge in [-0.2, -0.15) is 0 Å². The Morgan fingerprint density at radius 1 is 1.12 bits per heavy atom. The van der Waals surface area contributed by atoms with E-state index in [0.717, 1.165) is 56.3 Å². The zero-order valence-electron chi connectivity index (χ0n) is 14.1. The highest BCUT2D eigenvalue weighted by Crippen LogP contribution is 2.27. The molecule has 130 valence electrons. The van der Waals surface area contributed by atoms with Crippen LogP contribution in [-0.2, 0) is 17.7 Å². The normalized spacial score (nSPS) is 16.6. The van der Waals surface area contributed by atoms with Gasteiger partial charge in [0.15, 0.2) is 0 Å². The van der Waals surface area contributed by atoms with Crippen LogP contribution in [0.15, 0.2) is 42.6 Å². The van der Waals surface area contributed by atoms with Gasteiger partial charge in [0, 0.05) is 38.1 Å². The van der Waals surface area contributed by atoms with Gasteiger partial charge in [0.25, 0.3) is 0 Å². The molecule has 2 aromatic rings. The first-order chi connectivity index (χ1) is 12.3. The van der Waals surface area contributed by atoms with Crippen LogP contribution in [0.5, 0.6) is 0 Å². The van der Waals surface area contributed by atoms with Crippen molar-refractivity contribution in [2.45, 2.75) is 13.0 Å². The van der Waals surface area contributed by atoms with E-state index in [1.54, 1.807) is 0 Å². The Balaban J connectivity index is 1.34. The Morgan fingerprint density at radius 2 is 1.96 bits per heavy atom. The van der Waals surface area contributed by atoms with Crippen molar-refractivity contribution in [3.05, 3.63) is 53.7 Å². The highest BCUT2D eigenvalue weighted by atomic mass is 16.5. The lowest BCUT2D eigenvalue weighted by Crippen LogP contribution is -2.38. The first kappa shape index (κ1) is 15.9. The van der Waals surface area contributed by atoms with E-state index in [1.807, 2.05) is 41.4 Å². The van der Waals surface area contributed by atoms with Gasteiger partial charge >= 0.3 is 6.03 Å². The Labute approximate surface area is 147 Å². The number of aromatic nitrogens is 1. The summed E-state index contributed by atoms with van der Waals surface area (Å²) in [7, 11) is 0. The number of morpholine rings is 1. The minimum atomic E-state index is -0.0535. The molecule has 25 heavy (non-hydrogen) atoms. The molecule has 6 heteroatoms. The number of carbonyl (C=O) groups is 1. The highest BCUT2D eigenvalue weighted by molar-refractivity contribution is 5.94. The smallest absolute Gasteiger partial charge is 0.322 e. The summed E-state index contributed by atoms with van der Waals surface area (Å²) in [5.41, 5.74) is 3.24. The van der Waals surface area contributed by atoms with E-state index in [1.165, 1.54) is 5.56 Å². The Hall–Kier alpha value is -2.60. The number of amides is 2. The number of hydrogen-bond acceptors (Lipinski definition) is 4. The number of carbonyl (C=O) groups excluding carboxylic acids is 1. The van der Waals surface area contributed by atoms with Gasteiger partial charge in [-0.25, -0.2) is 9.78 Å². The molecule has 3 heterocycles. The number of ether oxygens (including phenoxy) is 1. The molecular weight excluding hydrogens is 316 g/mol. The predicted molar refractivity (Wildman–Crippen MR) is 97.0 cm³/mol. The van der Waals surface area contributed by atoms with Crippen molar-refractivity contribution < 1.29 is 9.53 Å². The summed E-state index contributed by atoms with van der Waals surface area (Å²) in [5, 5.41) is 2.99. The zero-order chi connectivity index (χ0) is 17.1. The standard InChI is InChI=1S/C19H22N4O2/c24-19(23-8-7-16-3-1-2-4-17(16)23)21-14-15-5-6-18(20-13-15)22-9-11-25-12-10-22/h1-6,13H,7-12,14H2,(H,21,24). The van der Waals surface area contributed by atoms with Gasteiger partial charge in [-0.05, 0) is 29.7 Å². The third-order valence-electron chi connectivity index (χ3n) is 4.72. The number of hydrogen-bond donors (Lipinski definition) is 1. The van der Waals surface area contributed by atoms with Crippen molar-refractivity contribution in [1.82, 2.24) is 10.3 Å². The van der Waals surface area contributed by atoms with Crippen LogP contribution in [-0.4, -0.2) is 43.9 Å². The minimum absolute atomic E-state index is 0.0535. The monoisotopic (exact) mass is 338 g/mol. The van der Waals surface area contributed by atoms with Gasteiger partial charge in [-0.1, -0.05) is 24.3 Å². The van der Waals surface area contributed by atoms with Crippen LogP contribution in [0.25, 0.3) is 0 Å². The van der Waals surface area contributed by atoms with E-state index in [2.05, 4.69) is 21.3 Å². The summed E-state index contributed by atoms with van der Waals surface area (Å²) in [6, 6.07) is 12.0. The molecule has 2 aliphatic rings. The van der Waals surface area contributed by atoms with Crippen LogP contribution < -0.4 is 15.1 Å². The third kappa shape index (κ3) is 3.44. The van der Waals surface area contributed by atoms with E-state index in [0.29, 0.717) is 6.54 Å². The lowest BCUT2D eigenvalue weighted by Gasteiger charge is -2.27. The molecule has 1 fully saturated rings. The first-order valence-corrected chi connectivity index (χ1v) is 8.72. The maximum atomic E-state index is 12.5. The number of fused-ring (bicyclic) bond motifs is 1. The molecule has 0 saturated carbocycles. The molecule has 1 aromatic carbocycles. The number of benzene rings is 1. The van der Waals surface area contributed by atoms with Crippen LogP contribution in [0.1, 0.15) is 11.1 Å². The highest BCUT2D eigenvalue weighted by Gasteiger charge is 2.23. The maximum Gasteiger partial charge on any atom is 0.322 e. The molecule has 0 aliphatic carbocycles. The van der Waals surface area contributed by atoms with Crippen molar-refractivity contribution in [2.24, 2.45) is 0 Å². The summed E-state index contributed by atoms with van der Waals surface area (Å²) in [5.74, 6) is 0.965. The molecule has 6 nitrogen and oxygen atoms in total. The average molecular weight is 338 g/mol. The number of pyridine rings is 1. The molecule has 0 radical (unpaired) electrons. The van der Waals surface area contributed by atoms with Gasteiger partial charge in [0.2, 0.25) is 0 Å². The fraction of sp³-hybridized carbons (Fsp3) is 0.368. The predicted octanol–water partition coefficient (Wildman–Crippen LogP) is 2.19. The van der Waals surface area contributed by atoms with Gasteiger partial charge in [0.1, 0.15) is 5.82 Å². The van der Waals surface area contributed by atoms with E-state index in [4.69, 9.17) is 4.74 Å². The average Bonchev–Trinajstić information content (AvgIpc) is 3.11. The molecule has 1 saturated heterocycles. The van der Waals surface area contributed by atoms with Gasteiger partial charge in [0.05, 0.1) is 13.2 Å². The van der Waals surface area contributed by atoms with Gasteiger partial charge < -0.3 is 15.0 Å². The second kappa shape index (κ2) is 7.11. The number of nitrogens with zero attached hydrogens (tertiary/aromatic N) is 3. The summed E-state index contributed by atoms with van der Waals surface area (Å²) < 4.78 is 5.36. The number of urea groups is 1. The van der Waals surface area contributed by atoms with Crippen molar-refractivity contribution in [1.29, 1.82) is 0 Å². The SMILES string of the molecule is O=C(NCc1ccc(N2CCOCC2)nc1)N1CCc2ccccc21. The molecule has 4 rings (SSSR count). The van der Waals surface area contributed by atoms with Crippen LogP contribution in [0.3, 0.4) is 0 Å². The number of para-hydroxylation sites is 1. The lowest BCUT2D eigenvalue weighted by molar-refractivity contribution is 0.122. The summed E-state index contributed by atoms with van der Waals surface area (Å²) >= 11 is 0. The van der Waals surface area contributed by atoms with Gasteiger partial charge in [-0.3, -0.25) is 4.90 Å². The number of rotatable bonds is 3. The topological polar surface area (TPSA) is 57.7 Å². The van der Waals surface area contributed by atoms with E-state index >= 15 is 0 Å². The van der Waals surface area contributed by atoms with Crippen LogP contribution in [0, 0.1) is 0 Å².